The number of carbonyl (C=O) groups excluding carboxylic acids is 2. The molecule has 0 amide bonds. The number of rotatable bonds is 16. The molecular formula is C21H26O11. The lowest BCUT2D eigenvalue weighted by Crippen LogP contribution is -2.16. The van der Waals surface area contributed by atoms with Gasteiger partial charge in [0.05, 0.1) is 56.3 Å². The van der Waals surface area contributed by atoms with E-state index in [-0.39, 0.29) is 38.6 Å². The minimum absolute atomic E-state index is 0.0755. The molecule has 1 aromatic carbocycles. The van der Waals surface area contributed by atoms with Crippen molar-refractivity contribution in [1.29, 1.82) is 0 Å². The second-order valence-corrected chi connectivity index (χ2v) is 6.26. The predicted octanol–water partition coefficient (Wildman–Crippen LogP) is 1.41. The molecule has 0 saturated heterocycles. The molecule has 176 valence electrons. The maximum Gasteiger partial charge on any atom is 0.338 e. The van der Waals surface area contributed by atoms with E-state index in [0.29, 0.717) is 25.4 Å². The van der Waals surface area contributed by atoms with Crippen LogP contribution in [-0.2, 0) is 28.5 Å². The average Bonchev–Trinajstić information content (AvgIpc) is 2.75. The van der Waals surface area contributed by atoms with Crippen molar-refractivity contribution in [1.82, 2.24) is 0 Å². The molecule has 32 heavy (non-hydrogen) atoms. The van der Waals surface area contributed by atoms with Gasteiger partial charge in [-0.3, -0.25) is 0 Å². The molecule has 0 unspecified atom stereocenters. The number of aromatic carboxylic acids is 2. The second-order valence-electron chi connectivity index (χ2n) is 6.26. The first kappa shape index (κ1) is 26.8. The lowest BCUT2D eigenvalue weighted by molar-refractivity contribution is -0.140. The van der Waals surface area contributed by atoms with Crippen LogP contribution in [0.1, 0.15) is 38.0 Å². The fourth-order valence-electron chi connectivity index (χ4n) is 2.17. The molecule has 11 nitrogen and oxygen atoms in total. The summed E-state index contributed by atoms with van der Waals surface area (Å²) in [4.78, 5) is 45.2. The third-order valence-corrected chi connectivity index (χ3v) is 3.73. The van der Waals surface area contributed by atoms with Crippen molar-refractivity contribution < 1.29 is 53.1 Å². The van der Waals surface area contributed by atoms with Crippen molar-refractivity contribution in [3.8, 4) is 0 Å². The van der Waals surface area contributed by atoms with Crippen molar-refractivity contribution >= 4 is 23.9 Å². The summed E-state index contributed by atoms with van der Waals surface area (Å²) >= 11 is 0. The molecule has 0 aliphatic rings. The van der Waals surface area contributed by atoms with E-state index in [4.69, 9.17) is 33.9 Å². The van der Waals surface area contributed by atoms with Gasteiger partial charge in [0, 0.05) is 5.57 Å². The van der Waals surface area contributed by atoms with E-state index in [1.807, 2.05) is 0 Å². The van der Waals surface area contributed by atoms with Crippen molar-refractivity contribution in [2.75, 3.05) is 52.9 Å². The van der Waals surface area contributed by atoms with E-state index in [9.17, 15) is 19.2 Å². The van der Waals surface area contributed by atoms with Gasteiger partial charge < -0.3 is 33.9 Å². The third-order valence-electron chi connectivity index (χ3n) is 3.73. The van der Waals surface area contributed by atoms with Gasteiger partial charge >= 0.3 is 23.9 Å². The number of hydrogen-bond acceptors (Lipinski definition) is 9. The van der Waals surface area contributed by atoms with E-state index in [1.165, 1.54) is 6.07 Å². The Morgan fingerprint density at radius 3 is 1.69 bits per heavy atom. The number of carbonyl (C=O) groups is 4. The van der Waals surface area contributed by atoms with Gasteiger partial charge in [0.25, 0.3) is 0 Å². The highest BCUT2D eigenvalue weighted by Gasteiger charge is 2.19. The van der Waals surface area contributed by atoms with E-state index < -0.39 is 35.0 Å². The SMILES string of the molecule is C=C(C)C(=O)OCCOCCOCCOCCOC(=O)c1ccc(C(=O)O)c(C(=O)O)c1. The molecule has 0 aliphatic carbocycles. The van der Waals surface area contributed by atoms with Gasteiger partial charge in [0.2, 0.25) is 0 Å². The molecular weight excluding hydrogens is 428 g/mol. The first-order valence-electron chi connectivity index (χ1n) is 9.57. The minimum atomic E-state index is -1.46. The van der Waals surface area contributed by atoms with Gasteiger partial charge in [0.15, 0.2) is 0 Å². The summed E-state index contributed by atoms with van der Waals surface area (Å²) in [5.41, 5.74) is -0.679. The summed E-state index contributed by atoms with van der Waals surface area (Å²) in [5, 5.41) is 18.0. The maximum absolute atomic E-state index is 12.0. The Morgan fingerprint density at radius 1 is 0.750 bits per heavy atom. The highest BCUT2D eigenvalue weighted by Crippen LogP contribution is 2.13. The van der Waals surface area contributed by atoms with Crippen LogP contribution in [0, 0.1) is 0 Å². The second kappa shape index (κ2) is 14.7. The predicted molar refractivity (Wildman–Crippen MR) is 109 cm³/mol. The molecule has 0 heterocycles. The topological polar surface area (TPSA) is 155 Å². The van der Waals surface area contributed by atoms with Crippen LogP contribution in [0.2, 0.25) is 0 Å². The van der Waals surface area contributed by atoms with Crippen LogP contribution in [0.5, 0.6) is 0 Å². The fourth-order valence-corrected chi connectivity index (χ4v) is 2.17. The minimum Gasteiger partial charge on any atom is -0.478 e. The summed E-state index contributed by atoms with van der Waals surface area (Å²) in [6.45, 7) is 6.61. The Balaban J connectivity index is 2.10. The molecule has 0 aromatic heterocycles. The van der Waals surface area contributed by atoms with Crippen LogP contribution in [0.25, 0.3) is 0 Å². The standard InChI is InChI=1S/C21H26O11/c1-14(2)20(26)31-11-9-29-7-5-28-6-8-30-10-12-32-21(27)15-3-4-16(18(22)23)17(13-15)19(24)25/h3-4,13H,1,5-12H2,2H3,(H,22,23)(H,24,25). The smallest absolute Gasteiger partial charge is 0.338 e. The monoisotopic (exact) mass is 454 g/mol. The fraction of sp³-hybridized carbons (Fsp3) is 0.429. The Kier molecular flexibility index (Phi) is 12.3. The van der Waals surface area contributed by atoms with E-state index >= 15 is 0 Å². The van der Waals surface area contributed by atoms with Crippen molar-refractivity contribution in [2.45, 2.75) is 6.92 Å². The molecule has 11 heteroatoms. The van der Waals surface area contributed by atoms with Crippen LogP contribution in [0.4, 0.5) is 0 Å². The lowest BCUT2D eigenvalue weighted by Gasteiger charge is -2.09. The van der Waals surface area contributed by atoms with Gasteiger partial charge in [-0.15, -0.1) is 0 Å². The molecule has 0 spiro atoms. The van der Waals surface area contributed by atoms with E-state index in [0.717, 1.165) is 12.1 Å². The zero-order chi connectivity index (χ0) is 23.9. The highest BCUT2D eigenvalue weighted by molar-refractivity contribution is 6.03. The maximum atomic E-state index is 12.0. The molecule has 0 aliphatic heterocycles. The average molecular weight is 454 g/mol. The number of hydrogen-bond donors (Lipinski definition) is 2. The summed E-state index contributed by atoms with van der Waals surface area (Å²) < 4.78 is 25.6. The number of esters is 2. The van der Waals surface area contributed by atoms with Crippen LogP contribution in [-0.4, -0.2) is 86.9 Å². The Morgan fingerprint density at radius 2 is 1.22 bits per heavy atom. The largest absolute Gasteiger partial charge is 0.478 e. The number of carboxylic acid groups (broad SMARTS) is 2. The highest BCUT2D eigenvalue weighted by atomic mass is 16.6. The summed E-state index contributed by atoms with van der Waals surface area (Å²) in [6.07, 6.45) is 0. The molecule has 1 aromatic rings. The van der Waals surface area contributed by atoms with Gasteiger partial charge in [-0.1, -0.05) is 6.58 Å². The van der Waals surface area contributed by atoms with Crippen molar-refractivity contribution in [3.05, 3.63) is 47.0 Å². The van der Waals surface area contributed by atoms with Crippen molar-refractivity contribution in [2.24, 2.45) is 0 Å². The first-order valence-corrected chi connectivity index (χ1v) is 9.57. The summed E-state index contributed by atoms with van der Waals surface area (Å²) in [5.74, 6) is -4.13. The first-order chi connectivity index (χ1) is 15.2. The Hall–Kier alpha value is -3.28. The van der Waals surface area contributed by atoms with Gasteiger partial charge in [-0.05, 0) is 25.1 Å². The zero-order valence-corrected chi connectivity index (χ0v) is 17.7. The molecule has 1 rings (SSSR count). The van der Waals surface area contributed by atoms with Gasteiger partial charge in [0.1, 0.15) is 13.2 Å². The molecule has 0 bridgehead atoms. The summed E-state index contributed by atoms with van der Waals surface area (Å²) in [7, 11) is 0. The van der Waals surface area contributed by atoms with E-state index in [1.54, 1.807) is 6.92 Å². The molecule has 0 fully saturated rings. The normalized spacial score (nSPS) is 10.4. The number of benzene rings is 1. The van der Waals surface area contributed by atoms with Gasteiger partial charge in [-0.25, -0.2) is 19.2 Å². The van der Waals surface area contributed by atoms with Crippen LogP contribution >= 0.6 is 0 Å². The molecule has 0 saturated carbocycles. The summed E-state index contributed by atoms with van der Waals surface area (Å²) in [6, 6.07) is 3.17. The third kappa shape index (κ3) is 10.2. The number of carboxylic acids is 2. The quantitative estimate of drug-likeness (QED) is 0.212. The molecule has 2 N–H and O–H groups in total. The zero-order valence-electron chi connectivity index (χ0n) is 17.7. The molecule has 0 radical (unpaired) electrons. The van der Waals surface area contributed by atoms with Crippen LogP contribution in [0.3, 0.4) is 0 Å². The lowest BCUT2D eigenvalue weighted by atomic mass is 10.0. The molecule has 0 atom stereocenters. The van der Waals surface area contributed by atoms with E-state index in [2.05, 4.69) is 6.58 Å². The Bertz CT molecular complexity index is 816. The van der Waals surface area contributed by atoms with Crippen molar-refractivity contribution in [3.63, 3.8) is 0 Å². The van der Waals surface area contributed by atoms with Gasteiger partial charge in [-0.2, -0.15) is 0 Å². The van der Waals surface area contributed by atoms with Crippen LogP contribution < -0.4 is 0 Å². The Labute approximate surface area is 184 Å². The van der Waals surface area contributed by atoms with Crippen LogP contribution in [0.15, 0.2) is 30.4 Å². The number of ether oxygens (including phenoxy) is 5.